The number of carbonyl (C=O) groups is 2. The molecule has 2 aromatic carbocycles. The molecule has 5 rings (SSSR count). The smallest absolute Gasteiger partial charge is 0.250 e. The van der Waals surface area contributed by atoms with Crippen LogP contribution in [0.15, 0.2) is 36.4 Å². The van der Waals surface area contributed by atoms with Gasteiger partial charge in [-0.05, 0) is 87.5 Å². The quantitative estimate of drug-likeness (QED) is 0.389. The number of amides is 2. The first-order chi connectivity index (χ1) is 19.2. The fourth-order valence-corrected chi connectivity index (χ4v) is 8.51. The Kier molecular flexibility index (Phi) is 7.63. The van der Waals surface area contributed by atoms with Crippen molar-refractivity contribution >= 4 is 38.4 Å². The van der Waals surface area contributed by atoms with Crippen molar-refractivity contribution in [3.05, 3.63) is 53.5 Å². The normalized spacial score (nSPS) is 21.4. The van der Waals surface area contributed by atoms with Crippen molar-refractivity contribution in [2.45, 2.75) is 58.0 Å². The fourth-order valence-electron chi connectivity index (χ4n) is 6.35. The molecule has 0 atom stereocenters. The molecule has 1 aliphatic heterocycles. The van der Waals surface area contributed by atoms with Crippen LogP contribution < -0.4 is 16.4 Å². The largest absolute Gasteiger partial charge is 0.382 e. The minimum absolute atomic E-state index is 0.00308. The molecule has 0 unspecified atom stereocenters. The standard InChI is InChI=1S/C30H38FN5O4S/c1-30(2)15-26-28(23-12-6-19(31)14-25(23)36(26)41(39,40)17-30)18-5-11-22(29(32)38)24(13-18)33-20-7-9-21(10-8-20)34-27(37)16-35(3)4/h5-6,11-14,20-21,33H,7-10,15-17H2,1-4H3,(H2,32,38)(H,34,37). The highest BCUT2D eigenvalue weighted by molar-refractivity contribution is 7.90. The van der Waals surface area contributed by atoms with Gasteiger partial charge in [-0.15, -0.1) is 0 Å². The summed E-state index contributed by atoms with van der Waals surface area (Å²) >= 11 is 0. The molecule has 0 saturated heterocycles. The van der Waals surface area contributed by atoms with E-state index in [0.29, 0.717) is 46.4 Å². The second-order valence-corrected chi connectivity index (χ2v) is 14.3. The number of hydrogen-bond acceptors (Lipinski definition) is 6. The minimum atomic E-state index is -3.73. The second-order valence-electron chi connectivity index (χ2n) is 12.5. The molecule has 1 aromatic heterocycles. The third-order valence-corrected chi connectivity index (χ3v) is 10.1. The molecule has 41 heavy (non-hydrogen) atoms. The molecule has 0 radical (unpaired) electrons. The van der Waals surface area contributed by atoms with Gasteiger partial charge in [-0.3, -0.25) is 9.59 Å². The number of likely N-dealkylation sites (N-methyl/N-ethyl adjacent to an activating group) is 1. The molecule has 220 valence electrons. The number of hydrogen-bond donors (Lipinski definition) is 3. The molecular weight excluding hydrogens is 545 g/mol. The lowest BCUT2D eigenvalue weighted by atomic mass is 9.87. The Labute approximate surface area is 240 Å². The SMILES string of the molecule is CN(C)CC(=O)NC1CCC(Nc2cc(-c3c4n(c5cc(F)ccc35)S(=O)(=O)CC(C)(C)C4)ccc2C(N)=O)CC1. The maximum absolute atomic E-state index is 14.3. The average molecular weight is 584 g/mol. The molecule has 1 saturated carbocycles. The molecule has 11 heteroatoms. The monoisotopic (exact) mass is 583 g/mol. The Morgan fingerprint density at radius 1 is 1.07 bits per heavy atom. The number of anilines is 1. The summed E-state index contributed by atoms with van der Waals surface area (Å²) in [6, 6.07) is 9.68. The molecule has 0 spiro atoms. The van der Waals surface area contributed by atoms with Crippen LogP contribution in [0.4, 0.5) is 10.1 Å². The molecule has 2 amide bonds. The Hall–Kier alpha value is -3.44. The fraction of sp³-hybridized carbons (Fsp3) is 0.467. The zero-order valence-corrected chi connectivity index (χ0v) is 24.8. The van der Waals surface area contributed by atoms with Gasteiger partial charge in [-0.2, -0.15) is 0 Å². The Morgan fingerprint density at radius 3 is 2.41 bits per heavy atom. The number of carbonyl (C=O) groups excluding carboxylic acids is 2. The summed E-state index contributed by atoms with van der Waals surface area (Å²) in [6.45, 7) is 4.17. The minimum Gasteiger partial charge on any atom is -0.382 e. The van der Waals surface area contributed by atoms with E-state index in [9.17, 15) is 22.4 Å². The summed E-state index contributed by atoms with van der Waals surface area (Å²) < 4.78 is 42.5. The van der Waals surface area contributed by atoms with Crippen molar-refractivity contribution in [2.75, 3.05) is 31.7 Å². The number of rotatable bonds is 7. The average Bonchev–Trinajstić information content (AvgIpc) is 3.16. The molecule has 9 nitrogen and oxygen atoms in total. The third-order valence-electron chi connectivity index (χ3n) is 7.96. The van der Waals surface area contributed by atoms with E-state index in [4.69, 9.17) is 5.73 Å². The molecule has 4 N–H and O–H groups in total. The van der Waals surface area contributed by atoms with Gasteiger partial charge in [-0.25, -0.2) is 16.8 Å². The van der Waals surface area contributed by atoms with Crippen molar-refractivity contribution in [1.29, 1.82) is 0 Å². The van der Waals surface area contributed by atoms with Crippen LogP contribution in [0, 0.1) is 11.2 Å². The number of nitrogens with two attached hydrogens (primary N) is 1. The van der Waals surface area contributed by atoms with E-state index in [1.807, 2.05) is 38.9 Å². The van der Waals surface area contributed by atoms with Crippen molar-refractivity contribution in [3.8, 4) is 11.1 Å². The summed E-state index contributed by atoms with van der Waals surface area (Å²) in [6.07, 6.45) is 3.69. The van der Waals surface area contributed by atoms with Crippen LogP contribution in [0.2, 0.25) is 0 Å². The van der Waals surface area contributed by atoms with Gasteiger partial charge in [0.2, 0.25) is 15.9 Å². The van der Waals surface area contributed by atoms with Gasteiger partial charge in [0.25, 0.3) is 5.91 Å². The van der Waals surface area contributed by atoms with Gasteiger partial charge < -0.3 is 21.3 Å². The summed E-state index contributed by atoms with van der Waals surface area (Å²) in [7, 11) is -0.0141. The number of halogens is 1. The Bertz CT molecular complexity index is 1620. The van der Waals surface area contributed by atoms with E-state index in [-0.39, 0.29) is 23.7 Å². The van der Waals surface area contributed by atoms with Crippen LogP contribution >= 0.6 is 0 Å². The van der Waals surface area contributed by atoms with Crippen molar-refractivity contribution < 1.29 is 22.4 Å². The van der Waals surface area contributed by atoms with E-state index in [1.165, 1.54) is 16.1 Å². The van der Waals surface area contributed by atoms with E-state index in [2.05, 4.69) is 10.6 Å². The highest BCUT2D eigenvalue weighted by atomic mass is 32.2. The predicted molar refractivity (Wildman–Crippen MR) is 159 cm³/mol. The number of primary amides is 1. The Balaban J connectivity index is 1.50. The maximum atomic E-state index is 14.3. The highest BCUT2D eigenvalue weighted by Gasteiger charge is 2.39. The summed E-state index contributed by atoms with van der Waals surface area (Å²) in [5, 5.41) is 7.23. The van der Waals surface area contributed by atoms with Gasteiger partial charge >= 0.3 is 0 Å². The molecule has 2 aliphatic rings. The van der Waals surface area contributed by atoms with Gasteiger partial charge in [-0.1, -0.05) is 19.9 Å². The summed E-state index contributed by atoms with van der Waals surface area (Å²) in [5.74, 6) is -1.12. The molecule has 3 aromatic rings. The number of aromatic nitrogens is 1. The second kappa shape index (κ2) is 10.8. The van der Waals surface area contributed by atoms with Crippen LogP contribution in [0.25, 0.3) is 22.0 Å². The highest BCUT2D eigenvalue weighted by Crippen LogP contribution is 2.44. The first-order valence-corrected chi connectivity index (χ1v) is 15.6. The van der Waals surface area contributed by atoms with Crippen LogP contribution in [0.3, 0.4) is 0 Å². The van der Waals surface area contributed by atoms with E-state index in [0.717, 1.165) is 31.2 Å². The zero-order chi connectivity index (χ0) is 29.7. The number of fused-ring (bicyclic) bond motifs is 3. The first-order valence-electron chi connectivity index (χ1n) is 13.9. The van der Waals surface area contributed by atoms with Crippen LogP contribution in [-0.4, -0.2) is 67.6 Å². The summed E-state index contributed by atoms with van der Waals surface area (Å²) in [5.41, 5.74) is 8.49. The number of nitrogens with one attached hydrogen (secondary N) is 2. The van der Waals surface area contributed by atoms with Crippen molar-refractivity contribution in [2.24, 2.45) is 11.1 Å². The third kappa shape index (κ3) is 5.97. The topological polar surface area (TPSA) is 127 Å². The lowest BCUT2D eigenvalue weighted by molar-refractivity contribution is -0.122. The van der Waals surface area contributed by atoms with Gasteiger partial charge in [0.05, 0.1) is 23.4 Å². The maximum Gasteiger partial charge on any atom is 0.250 e. The molecule has 0 bridgehead atoms. The number of benzene rings is 2. The predicted octanol–water partition coefficient (Wildman–Crippen LogP) is 3.71. The van der Waals surface area contributed by atoms with Crippen molar-refractivity contribution in [3.63, 3.8) is 0 Å². The summed E-state index contributed by atoms with van der Waals surface area (Å²) in [4.78, 5) is 26.4. The number of nitrogens with zero attached hydrogens (tertiary/aromatic N) is 2. The molecule has 1 fully saturated rings. The van der Waals surface area contributed by atoms with Crippen molar-refractivity contribution in [1.82, 2.24) is 14.2 Å². The Morgan fingerprint density at radius 2 is 1.76 bits per heavy atom. The van der Waals surface area contributed by atoms with Gasteiger partial charge in [0.15, 0.2) is 0 Å². The lowest BCUT2D eigenvalue weighted by Crippen LogP contribution is -2.43. The lowest BCUT2D eigenvalue weighted by Gasteiger charge is -2.32. The zero-order valence-electron chi connectivity index (χ0n) is 24.0. The first kappa shape index (κ1) is 29.1. The molecule has 1 aliphatic carbocycles. The van der Waals surface area contributed by atoms with E-state index in [1.54, 1.807) is 18.2 Å². The van der Waals surface area contributed by atoms with Crippen LogP contribution in [-0.2, 0) is 21.2 Å². The van der Waals surface area contributed by atoms with Gasteiger partial charge in [0, 0.05) is 34.4 Å². The molecule has 2 heterocycles. The van der Waals surface area contributed by atoms with Gasteiger partial charge in [0.1, 0.15) is 5.82 Å². The van der Waals surface area contributed by atoms with Crippen LogP contribution in [0.5, 0.6) is 0 Å². The van der Waals surface area contributed by atoms with Crippen LogP contribution in [0.1, 0.15) is 55.6 Å². The van der Waals surface area contributed by atoms with E-state index >= 15 is 0 Å². The van der Waals surface area contributed by atoms with E-state index < -0.39 is 27.2 Å². The molecular formula is C30H38FN5O4S.